The van der Waals surface area contributed by atoms with Crippen LogP contribution in [0.15, 0.2) is 18.2 Å². The molecule has 0 fully saturated rings. The lowest BCUT2D eigenvalue weighted by Gasteiger charge is -2.15. The second-order valence-electron chi connectivity index (χ2n) is 4.29. The maximum absolute atomic E-state index is 13.7. The van der Waals surface area contributed by atoms with Crippen molar-refractivity contribution < 1.29 is 13.9 Å². The first-order chi connectivity index (χ1) is 9.10. The van der Waals surface area contributed by atoms with Gasteiger partial charge in [-0.3, -0.25) is 4.79 Å². The lowest BCUT2D eigenvalue weighted by molar-refractivity contribution is 0.0963. The predicted octanol–water partition coefficient (Wildman–Crippen LogP) is 2.70. The van der Waals surface area contributed by atoms with Gasteiger partial charge in [0, 0.05) is 25.3 Å². The molecule has 3 nitrogen and oxygen atoms in total. The van der Waals surface area contributed by atoms with Gasteiger partial charge in [-0.25, -0.2) is 4.39 Å². The highest BCUT2D eigenvalue weighted by atomic mass is 32.2. The van der Waals surface area contributed by atoms with Crippen molar-refractivity contribution in [3.05, 3.63) is 29.6 Å². The van der Waals surface area contributed by atoms with Crippen LogP contribution in [0.4, 0.5) is 4.39 Å². The first-order valence-electron chi connectivity index (χ1n) is 6.13. The van der Waals surface area contributed by atoms with Crippen LogP contribution in [-0.2, 0) is 0 Å². The van der Waals surface area contributed by atoms with E-state index in [1.54, 1.807) is 17.8 Å². The molecule has 0 aliphatic carbocycles. The van der Waals surface area contributed by atoms with Crippen LogP contribution in [0, 0.1) is 5.82 Å². The van der Waals surface area contributed by atoms with E-state index in [-0.39, 0.29) is 11.3 Å². The van der Waals surface area contributed by atoms with Crippen LogP contribution in [-0.4, -0.2) is 49.9 Å². The van der Waals surface area contributed by atoms with Crippen molar-refractivity contribution in [3.8, 4) is 5.75 Å². The van der Waals surface area contributed by atoms with Crippen LogP contribution in [0.5, 0.6) is 5.75 Å². The molecule has 0 atom stereocenters. The van der Waals surface area contributed by atoms with E-state index in [2.05, 4.69) is 4.90 Å². The zero-order valence-electron chi connectivity index (χ0n) is 11.6. The number of Topliss-reactive ketones (excluding diaryl/α,β-unsaturated/α-hetero) is 1. The number of hydrogen-bond donors (Lipinski definition) is 0. The number of nitrogens with zero attached hydrogens (tertiary/aromatic N) is 1. The van der Waals surface area contributed by atoms with Crippen molar-refractivity contribution in [2.75, 3.05) is 39.3 Å². The fraction of sp³-hybridized carbons (Fsp3) is 0.500. The molecule has 106 valence electrons. The third-order valence-electron chi connectivity index (χ3n) is 2.87. The fourth-order valence-electron chi connectivity index (χ4n) is 1.72. The van der Waals surface area contributed by atoms with Gasteiger partial charge in [-0.15, -0.1) is 0 Å². The van der Waals surface area contributed by atoms with E-state index in [1.807, 2.05) is 13.3 Å². The van der Waals surface area contributed by atoms with Crippen molar-refractivity contribution in [3.63, 3.8) is 0 Å². The Labute approximate surface area is 118 Å². The first-order valence-corrected chi connectivity index (χ1v) is 7.52. The van der Waals surface area contributed by atoms with Crippen molar-refractivity contribution in [2.24, 2.45) is 0 Å². The molecule has 0 aliphatic rings. The molecule has 0 N–H and O–H groups in total. The number of ketones is 1. The Balaban J connectivity index is 2.63. The van der Waals surface area contributed by atoms with E-state index in [0.29, 0.717) is 18.7 Å². The lowest BCUT2D eigenvalue weighted by Crippen LogP contribution is -2.24. The van der Waals surface area contributed by atoms with Crippen LogP contribution in [0.1, 0.15) is 16.8 Å². The summed E-state index contributed by atoms with van der Waals surface area (Å²) >= 11 is 1.76. The SMILES string of the molecule is COc1cccc(F)c1C(=O)CCN(C)CCSC. The molecular formula is C14H20FNO2S. The molecule has 1 aromatic rings. The molecule has 0 radical (unpaired) electrons. The monoisotopic (exact) mass is 285 g/mol. The number of thioether (sulfide) groups is 1. The van der Waals surface area contributed by atoms with Crippen LogP contribution in [0.3, 0.4) is 0 Å². The van der Waals surface area contributed by atoms with Gasteiger partial charge < -0.3 is 9.64 Å². The summed E-state index contributed by atoms with van der Waals surface area (Å²) in [6.07, 6.45) is 2.34. The van der Waals surface area contributed by atoms with Gasteiger partial charge >= 0.3 is 0 Å². The number of ether oxygens (including phenoxy) is 1. The number of benzene rings is 1. The van der Waals surface area contributed by atoms with Gasteiger partial charge in [-0.2, -0.15) is 11.8 Å². The largest absolute Gasteiger partial charge is 0.496 e. The van der Waals surface area contributed by atoms with Crippen LogP contribution < -0.4 is 4.74 Å². The summed E-state index contributed by atoms with van der Waals surface area (Å²) in [5.41, 5.74) is 0.0586. The average molecular weight is 285 g/mol. The van der Waals surface area contributed by atoms with Crippen LogP contribution in [0.25, 0.3) is 0 Å². The third kappa shape index (κ3) is 4.84. The van der Waals surface area contributed by atoms with E-state index < -0.39 is 5.82 Å². The third-order valence-corrected chi connectivity index (χ3v) is 3.46. The summed E-state index contributed by atoms with van der Waals surface area (Å²) in [7, 11) is 3.40. The summed E-state index contributed by atoms with van der Waals surface area (Å²) in [6.45, 7) is 1.54. The Bertz CT molecular complexity index is 426. The number of halogens is 1. The minimum atomic E-state index is -0.517. The van der Waals surface area contributed by atoms with Crippen LogP contribution in [0.2, 0.25) is 0 Å². The zero-order valence-corrected chi connectivity index (χ0v) is 12.4. The zero-order chi connectivity index (χ0) is 14.3. The highest BCUT2D eigenvalue weighted by Gasteiger charge is 2.17. The molecule has 0 bridgehead atoms. The Morgan fingerprint density at radius 2 is 2.16 bits per heavy atom. The summed E-state index contributed by atoms with van der Waals surface area (Å²) < 4.78 is 18.7. The maximum Gasteiger partial charge on any atom is 0.170 e. The summed E-state index contributed by atoms with van der Waals surface area (Å²) in [5, 5.41) is 0. The number of methoxy groups -OCH3 is 1. The fourth-order valence-corrected chi connectivity index (χ4v) is 2.22. The molecule has 1 aromatic carbocycles. The van der Waals surface area contributed by atoms with E-state index in [4.69, 9.17) is 4.74 Å². The molecule has 1 rings (SSSR count). The second-order valence-corrected chi connectivity index (χ2v) is 5.27. The molecule has 0 aliphatic heterocycles. The van der Waals surface area contributed by atoms with Crippen molar-refractivity contribution in [1.29, 1.82) is 0 Å². The predicted molar refractivity (Wildman–Crippen MR) is 77.8 cm³/mol. The normalized spacial score (nSPS) is 10.8. The van der Waals surface area contributed by atoms with Gasteiger partial charge in [0.1, 0.15) is 11.6 Å². The van der Waals surface area contributed by atoms with Crippen molar-refractivity contribution in [2.45, 2.75) is 6.42 Å². The molecule has 0 aromatic heterocycles. The minimum absolute atomic E-state index is 0.0586. The molecule has 5 heteroatoms. The average Bonchev–Trinajstić information content (AvgIpc) is 2.42. The van der Waals surface area contributed by atoms with Crippen molar-refractivity contribution in [1.82, 2.24) is 4.90 Å². The molecule has 0 saturated heterocycles. The Morgan fingerprint density at radius 1 is 1.42 bits per heavy atom. The second kappa shape index (κ2) is 8.17. The van der Waals surface area contributed by atoms with Gasteiger partial charge in [-0.05, 0) is 25.4 Å². The van der Waals surface area contributed by atoms with Gasteiger partial charge in [0.05, 0.1) is 12.7 Å². The molecule has 0 spiro atoms. The smallest absolute Gasteiger partial charge is 0.170 e. The van der Waals surface area contributed by atoms with Gasteiger partial charge in [0.25, 0.3) is 0 Å². The van der Waals surface area contributed by atoms with Crippen molar-refractivity contribution >= 4 is 17.5 Å². The first kappa shape index (κ1) is 16.0. The van der Waals surface area contributed by atoms with Gasteiger partial charge in [0.2, 0.25) is 0 Å². The van der Waals surface area contributed by atoms with E-state index >= 15 is 0 Å². The van der Waals surface area contributed by atoms with Gasteiger partial charge in [-0.1, -0.05) is 6.07 Å². The molecule has 0 saturated carbocycles. The van der Waals surface area contributed by atoms with E-state index in [0.717, 1.165) is 12.3 Å². The maximum atomic E-state index is 13.7. The Morgan fingerprint density at radius 3 is 2.79 bits per heavy atom. The number of hydrogen-bond acceptors (Lipinski definition) is 4. The van der Waals surface area contributed by atoms with E-state index in [9.17, 15) is 9.18 Å². The highest BCUT2D eigenvalue weighted by Crippen LogP contribution is 2.22. The quantitative estimate of drug-likeness (QED) is 0.687. The summed E-state index contributed by atoms with van der Waals surface area (Å²) in [4.78, 5) is 14.1. The molecular weight excluding hydrogens is 265 g/mol. The number of carbonyl (C=O) groups excluding carboxylic acids is 1. The Kier molecular flexibility index (Phi) is 6.87. The van der Waals surface area contributed by atoms with Crippen LogP contribution >= 0.6 is 11.8 Å². The number of carbonyl (C=O) groups is 1. The summed E-state index contributed by atoms with van der Waals surface area (Å²) in [6, 6.07) is 4.43. The Hall–Kier alpha value is -1.07. The standard InChI is InChI=1S/C14H20FNO2S/c1-16(9-10-19-3)8-7-12(17)14-11(15)5-4-6-13(14)18-2/h4-6H,7-10H2,1-3H3. The molecule has 0 heterocycles. The minimum Gasteiger partial charge on any atom is -0.496 e. The summed E-state index contributed by atoms with van der Waals surface area (Å²) in [5.74, 6) is 0.590. The molecule has 19 heavy (non-hydrogen) atoms. The topological polar surface area (TPSA) is 29.5 Å². The lowest BCUT2D eigenvalue weighted by atomic mass is 10.1. The van der Waals surface area contributed by atoms with E-state index in [1.165, 1.54) is 19.2 Å². The van der Waals surface area contributed by atoms with Gasteiger partial charge in [0.15, 0.2) is 5.78 Å². The number of rotatable bonds is 8. The highest BCUT2D eigenvalue weighted by molar-refractivity contribution is 7.98. The molecule has 0 unspecified atom stereocenters. The molecule has 0 amide bonds.